The summed E-state index contributed by atoms with van der Waals surface area (Å²) < 4.78 is 1.06. The van der Waals surface area contributed by atoms with Crippen molar-refractivity contribution >= 4 is 33.4 Å². The Morgan fingerprint density at radius 1 is 1.05 bits per heavy atom. The smallest absolute Gasteiger partial charge is 0.153 e. The van der Waals surface area contributed by atoms with Crippen LogP contribution in [-0.4, -0.2) is 15.0 Å². The molecule has 0 amide bonds. The second-order valence-corrected chi connectivity index (χ2v) is 6.46. The Labute approximate surface area is 120 Å². The van der Waals surface area contributed by atoms with Gasteiger partial charge in [0.25, 0.3) is 0 Å². The molecule has 3 nitrogen and oxygen atoms in total. The number of thioether (sulfide) groups is 1. The van der Waals surface area contributed by atoms with Gasteiger partial charge in [-0.3, -0.25) is 0 Å². The van der Waals surface area contributed by atoms with E-state index >= 15 is 0 Å². The lowest BCUT2D eigenvalue weighted by atomic mass is 10.2. The van der Waals surface area contributed by atoms with Crippen molar-refractivity contribution in [3.63, 3.8) is 0 Å². The minimum atomic E-state index is 0.813. The molecular formula is C14H13N3S2. The summed E-state index contributed by atoms with van der Waals surface area (Å²) in [5, 5.41) is 0. The predicted octanol–water partition coefficient (Wildman–Crippen LogP) is 4.00. The highest BCUT2D eigenvalue weighted by atomic mass is 32.2. The van der Waals surface area contributed by atoms with Crippen LogP contribution in [0.1, 0.15) is 17.1 Å². The summed E-state index contributed by atoms with van der Waals surface area (Å²) in [7, 11) is 0. The first-order valence-electron chi connectivity index (χ1n) is 6.01. The minimum Gasteiger partial charge on any atom is -0.236 e. The van der Waals surface area contributed by atoms with Crippen molar-refractivity contribution in [2.24, 2.45) is 0 Å². The van der Waals surface area contributed by atoms with Gasteiger partial charge in [0.1, 0.15) is 16.2 Å². The van der Waals surface area contributed by atoms with Gasteiger partial charge < -0.3 is 0 Å². The number of hydrogen-bond donors (Lipinski definition) is 0. The molecule has 3 rings (SSSR count). The number of rotatable bonds is 3. The molecule has 0 N–H and O–H groups in total. The fourth-order valence-electron chi connectivity index (χ4n) is 1.85. The molecule has 19 heavy (non-hydrogen) atoms. The van der Waals surface area contributed by atoms with Crippen molar-refractivity contribution in [2.45, 2.75) is 23.9 Å². The summed E-state index contributed by atoms with van der Waals surface area (Å²) in [5.41, 5.74) is 3.21. The Balaban J connectivity index is 1.84. The zero-order chi connectivity index (χ0) is 13.2. The molecule has 0 radical (unpaired) electrons. The van der Waals surface area contributed by atoms with E-state index in [9.17, 15) is 0 Å². The van der Waals surface area contributed by atoms with Gasteiger partial charge in [-0.25, -0.2) is 15.0 Å². The molecule has 1 aromatic carbocycles. The van der Waals surface area contributed by atoms with Gasteiger partial charge in [-0.15, -0.1) is 0 Å². The number of nitrogens with zero attached hydrogens (tertiary/aromatic N) is 3. The molecule has 96 valence electrons. The summed E-state index contributed by atoms with van der Waals surface area (Å²) in [6, 6.07) is 10.4. The quantitative estimate of drug-likeness (QED) is 0.683. The number of aryl methyl sites for hydroxylation is 2. The Morgan fingerprint density at radius 3 is 2.63 bits per heavy atom. The molecule has 5 heteroatoms. The largest absolute Gasteiger partial charge is 0.236 e. The number of fused-ring (bicyclic) bond motifs is 1. The maximum Gasteiger partial charge on any atom is 0.153 e. The van der Waals surface area contributed by atoms with E-state index in [0.717, 1.165) is 32.0 Å². The fraction of sp³-hybridized carbons (Fsp3) is 0.214. The molecule has 0 atom stereocenters. The van der Waals surface area contributed by atoms with Crippen LogP contribution in [0.4, 0.5) is 0 Å². The SMILES string of the molecule is Cc1nc(C)c2nc(SCc3ccccc3)sc2n1. The molecule has 0 unspecified atom stereocenters. The summed E-state index contributed by atoms with van der Waals surface area (Å²) in [6.07, 6.45) is 0. The van der Waals surface area contributed by atoms with Gasteiger partial charge in [0.2, 0.25) is 0 Å². The average Bonchev–Trinajstić information content (AvgIpc) is 2.81. The second-order valence-electron chi connectivity index (χ2n) is 4.26. The summed E-state index contributed by atoms with van der Waals surface area (Å²) in [4.78, 5) is 14.4. The van der Waals surface area contributed by atoms with Crippen molar-refractivity contribution in [2.75, 3.05) is 0 Å². The van der Waals surface area contributed by atoms with Gasteiger partial charge in [0.15, 0.2) is 4.34 Å². The van der Waals surface area contributed by atoms with E-state index in [2.05, 4.69) is 39.2 Å². The first kappa shape index (κ1) is 12.6. The van der Waals surface area contributed by atoms with Crippen LogP contribution in [0.25, 0.3) is 10.3 Å². The van der Waals surface area contributed by atoms with Crippen LogP contribution < -0.4 is 0 Å². The highest BCUT2D eigenvalue weighted by Crippen LogP contribution is 2.31. The molecule has 0 aliphatic rings. The van der Waals surface area contributed by atoms with Crippen molar-refractivity contribution in [1.82, 2.24) is 15.0 Å². The molecule has 2 aromatic heterocycles. The Morgan fingerprint density at radius 2 is 1.84 bits per heavy atom. The maximum absolute atomic E-state index is 4.62. The average molecular weight is 287 g/mol. The maximum atomic E-state index is 4.62. The summed E-state index contributed by atoms with van der Waals surface area (Å²) in [5.74, 6) is 1.75. The van der Waals surface area contributed by atoms with Gasteiger partial charge in [-0.1, -0.05) is 53.4 Å². The first-order valence-corrected chi connectivity index (χ1v) is 7.81. The van der Waals surface area contributed by atoms with E-state index in [4.69, 9.17) is 0 Å². The Hall–Kier alpha value is -1.46. The number of benzene rings is 1. The Kier molecular flexibility index (Phi) is 3.48. The lowest BCUT2D eigenvalue weighted by Gasteiger charge is -1.97. The monoisotopic (exact) mass is 287 g/mol. The van der Waals surface area contributed by atoms with E-state index in [1.807, 2.05) is 19.9 Å². The Bertz CT molecular complexity index is 707. The van der Waals surface area contributed by atoms with E-state index in [1.165, 1.54) is 5.56 Å². The second kappa shape index (κ2) is 5.27. The molecule has 0 aliphatic heterocycles. The van der Waals surface area contributed by atoms with Crippen LogP contribution in [0.3, 0.4) is 0 Å². The molecule has 0 saturated carbocycles. The molecule has 3 aromatic rings. The highest BCUT2D eigenvalue weighted by Gasteiger charge is 2.09. The predicted molar refractivity (Wildman–Crippen MR) is 80.7 cm³/mol. The summed E-state index contributed by atoms with van der Waals surface area (Å²) >= 11 is 3.40. The van der Waals surface area contributed by atoms with E-state index in [-0.39, 0.29) is 0 Å². The van der Waals surface area contributed by atoms with Crippen LogP contribution >= 0.6 is 23.1 Å². The van der Waals surface area contributed by atoms with Gasteiger partial charge in [0.05, 0.1) is 5.69 Å². The normalized spacial score (nSPS) is 11.1. The van der Waals surface area contributed by atoms with E-state index < -0.39 is 0 Å². The van der Waals surface area contributed by atoms with Crippen molar-refractivity contribution in [3.8, 4) is 0 Å². The van der Waals surface area contributed by atoms with Crippen LogP contribution in [0, 0.1) is 13.8 Å². The standard InChI is InChI=1S/C14H13N3S2/c1-9-12-13(16-10(2)15-9)19-14(17-12)18-8-11-6-4-3-5-7-11/h3-7H,8H2,1-2H3. The van der Waals surface area contributed by atoms with E-state index in [0.29, 0.717) is 0 Å². The first-order chi connectivity index (χ1) is 9.22. The zero-order valence-corrected chi connectivity index (χ0v) is 12.4. The van der Waals surface area contributed by atoms with Crippen LogP contribution in [-0.2, 0) is 5.75 Å². The van der Waals surface area contributed by atoms with Crippen LogP contribution in [0.15, 0.2) is 34.7 Å². The van der Waals surface area contributed by atoms with Gasteiger partial charge in [-0.2, -0.15) is 0 Å². The molecule has 0 aliphatic carbocycles. The highest BCUT2D eigenvalue weighted by molar-refractivity contribution is 8.00. The number of hydrogen-bond acceptors (Lipinski definition) is 5. The third-order valence-electron chi connectivity index (χ3n) is 2.73. The number of aromatic nitrogens is 3. The summed E-state index contributed by atoms with van der Waals surface area (Å²) in [6.45, 7) is 3.91. The van der Waals surface area contributed by atoms with Crippen LogP contribution in [0.5, 0.6) is 0 Å². The zero-order valence-electron chi connectivity index (χ0n) is 10.8. The van der Waals surface area contributed by atoms with Gasteiger partial charge in [0, 0.05) is 5.75 Å². The molecular weight excluding hydrogens is 274 g/mol. The molecule has 0 fully saturated rings. The fourth-order valence-corrected chi connectivity index (χ4v) is 3.91. The minimum absolute atomic E-state index is 0.813. The lowest BCUT2D eigenvalue weighted by Crippen LogP contribution is -1.90. The lowest BCUT2D eigenvalue weighted by molar-refractivity contribution is 1.04. The van der Waals surface area contributed by atoms with Crippen molar-refractivity contribution < 1.29 is 0 Å². The van der Waals surface area contributed by atoms with E-state index in [1.54, 1.807) is 23.1 Å². The molecule has 0 spiro atoms. The third kappa shape index (κ3) is 2.77. The van der Waals surface area contributed by atoms with Gasteiger partial charge >= 0.3 is 0 Å². The molecule has 2 heterocycles. The van der Waals surface area contributed by atoms with Crippen molar-refractivity contribution in [1.29, 1.82) is 0 Å². The van der Waals surface area contributed by atoms with Crippen molar-refractivity contribution in [3.05, 3.63) is 47.4 Å². The topological polar surface area (TPSA) is 38.7 Å². The van der Waals surface area contributed by atoms with Crippen LogP contribution in [0.2, 0.25) is 0 Å². The molecule has 0 saturated heterocycles. The molecule has 0 bridgehead atoms. The number of thiazole rings is 1. The van der Waals surface area contributed by atoms with Gasteiger partial charge in [-0.05, 0) is 19.4 Å². The third-order valence-corrected chi connectivity index (χ3v) is 4.89.